The van der Waals surface area contributed by atoms with Gasteiger partial charge < -0.3 is 0 Å². The Hall–Kier alpha value is -0.470. The van der Waals surface area contributed by atoms with Gasteiger partial charge in [0.05, 0.1) is 0 Å². The van der Waals surface area contributed by atoms with Crippen LogP contribution in [0.2, 0.25) is 0 Å². The molecule has 2 rings (SSSR count). The van der Waals surface area contributed by atoms with Gasteiger partial charge in [-0.3, -0.25) is 4.79 Å². The van der Waals surface area contributed by atoms with Gasteiger partial charge in [-0.2, -0.15) is 0 Å². The molecule has 0 saturated heterocycles. The quantitative estimate of drug-likeness (QED) is 0.571. The molecule has 0 unspecified atom stereocenters. The van der Waals surface area contributed by atoms with Gasteiger partial charge in [-0.05, 0) is 24.7 Å². The van der Waals surface area contributed by atoms with Crippen molar-refractivity contribution in [3.8, 4) is 0 Å². The van der Waals surface area contributed by atoms with E-state index in [1.807, 2.05) is 0 Å². The largest absolute Gasteiger partial charge is 0.300 e. The Morgan fingerprint density at radius 2 is 2.00 bits per heavy atom. The molecular weight excluding hydrogens is 174 g/mol. The van der Waals surface area contributed by atoms with Crippen LogP contribution in [0.4, 0.5) is 8.78 Å². The number of halogens is 2. The highest BCUT2D eigenvalue weighted by Gasteiger charge is 2.43. The van der Waals surface area contributed by atoms with Crippen molar-refractivity contribution in [2.24, 2.45) is 11.8 Å². The minimum Gasteiger partial charge on any atom is -0.300 e. The standard InChI is InChI=1S/C10H14F2O/c11-10(12)4-3-7-5-9(13)2-1-8(7)6-10/h7-8H,1-6H2/t7-,8+/m0/s1. The number of hydrogen-bond acceptors (Lipinski definition) is 1. The first-order chi connectivity index (χ1) is 6.07. The van der Waals surface area contributed by atoms with Crippen molar-refractivity contribution in [3.63, 3.8) is 0 Å². The van der Waals surface area contributed by atoms with Gasteiger partial charge in [0.2, 0.25) is 5.92 Å². The number of ketones is 1. The lowest BCUT2D eigenvalue weighted by atomic mass is 9.69. The first-order valence-electron chi connectivity index (χ1n) is 4.96. The zero-order chi connectivity index (χ0) is 9.47. The molecule has 0 amide bonds. The fourth-order valence-corrected chi connectivity index (χ4v) is 2.63. The molecule has 0 heterocycles. The average molecular weight is 188 g/mol. The predicted molar refractivity (Wildman–Crippen MR) is 44.6 cm³/mol. The van der Waals surface area contributed by atoms with Crippen molar-refractivity contribution in [2.75, 3.05) is 0 Å². The van der Waals surface area contributed by atoms with E-state index in [-0.39, 0.29) is 30.5 Å². The smallest absolute Gasteiger partial charge is 0.248 e. The third kappa shape index (κ3) is 1.89. The van der Waals surface area contributed by atoms with Gasteiger partial charge in [0.25, 0.3) is 0 Å². The van der Waals surface area contributed by atoms with E-state index < -0.39 is 5.92 Å². The van der Waals surface area contributed by atoms with Crippen LogP contribution in [-0.2, 0) is 4.79 Å². The highest BCUT2D eigenvalue weighted by Crippen LogP contribution is 2.45. The van der Waals surface area contributed by atoms with Gasteiger partial charge in [0.15, 0.2) is 0 Å². The number of carbonyl (C=O) groups is 1. The van der Waals surface area contributed by atoms with E-state index in [1.165, 1.54) is 0 Å². The van der Waals surface area contributed by atoms with Gasteiger partial charge in [0.1, 0.15) is 5.78 Å². The van der Waals surface area contributed by atoms with Crippen molar-refractivity contribution in [1.82, 2.24) is 0 Å². The minimum absolute atomic E-state index is 0.0125. The van der Waals surface area contributed by atoms with Crippen LogP contribution in [0.25, 0.3) is 0 Å². The van der Waals surface area contributed by atoms with Crippen molar-refractivity contribution >= 4 is 5.78 Å². The predicted octanol–water partition coefficient (Wildman–Crippen LogP) is 2.79. The summed E-state index contributed by atoms with van der Waals surface area (Å²) in [6.45, 7) is 0. The molecule has 0 aromatic carbocycles. The molecule has 3 heteroatoms. The summed E-state index contributed by atoms with van der Waals surface area (Å²) in [5, 5.41) is 0. The van der Waals surface area contributed by atoms with Gasteiger partial charge >= 0.3 is 0 Å². The summed E-state index contributed by atoms with van der Waals surface area (Å²) in [6, 6.07) is 0. The van der Waals surface area contributed by atoms with E-state index in [1.54, 1.807) is 0 Å². The number of alkyl halides is 2. The second kappa shape index (κ2) is 3.03. The molecule has 0 N–H and O–H groups in total. The number of rotatable bonds is 0. The summed E-state index contributed by atoms with van der Waals surface area (Å²) in [5.41, 5.74) is 0. The number of carbonyl (C=O) groups excluding carboxylic acids is 1. The Balaban J connectivity index is 2.02. The molecule has 2 fully saturated rings. The molecule has 74 valence electrons. The van der Waals surface area contributed by atoms with E-state index in [2.05, 4.69) is 0 Å². The highest BCUT2D eigenvalue weighted by molar-refractivity contribution is 5.79. The SMILES string of the molecule is O=C1CC[C@@H]2CC(F)(F)CC[C@H]2C1. The van der Waals surface area contributed by atoms with E-state index in [0.29, 0.717) is 25.7 Å². The van der Waals surface area contributed by atoms with Gasteiger partial charge in [-0.15, -0.1) is 0 Å². The van der Waals surface area contributed by atoms with Gasteiger partial charge in [0, 0.05) is 25.7 Å². The normalized spacial score (nSPS) is 38.5. The molecule has 2 saturated carbocycles. The van der Waals surface area contributed by atoms with Crippen molar-refractivity contribution in [2.45, 2.75) is 44.4 Å². The van der Waals surface area contributed by atoms with Crippen LogP contribution in [0.1, 0.15) is 38.5 Å². The van der Waals surface area contributed by atoms with Crippen molar-refractivity contribution < 1.29 is 13.6 Å². The lowest BCUT2D eigenvalue weighted by Crippen LogP contribution is -2.36. The van der Waals surface area contributed by atoms with Crippen molar-refractivity contribution in [1.29, 1.82) is 0 Å². The van der Waals surface area contributed by atoms with Crippen LogP contribution in [0.3, 0.4) is 0 Å². The van der Waals surface area contributed by atoms with Gasteiger partial charge in [-0.1, -0.05) is 0 Å². The van der Waals surface area contributed by atoms with E-state index in [4.69, 9.17) is 0 Å². The Morgan fingerprint density at radius 3 is 2.77 bits per heavy atom. The first-order valence-corrected chi connectivity index (χ1v) is 4.96. The zero-order valence-electron chi connectivity index (χ0n) is 7.56. The summed E-state index contributed by atoms with van der Waals surface area (Å²) in [7, 11) is 0. The maximum Gasteiger partial charge on any atom is 0.248 e. The molecule has 0 aromatic rings. The third-order valence-electron chi connectivity index (χ3n) is 3.39. The highest BCUT2D eigenvalue weighted by atomic mass is 19.3. The molecule has 0 spiro atoms. The van der Waals surface area contributed by atoms with Crippen LogP contribution in [0.15, 0.2) is 0 Å². The zero-order valence-corrected chi connectivity index (χ0v) is 7.56. The molecule has 13 heavy (non-hydrogen) atoms. The summed E-state index contributed by atoms with van der Waals surface area (Å²) < 4.78 is 26.0. The Labute approximate surface area is 76.5 Å². The van der Waals surface area contributed by atoms with Gasteiger partial charge in [-0.25, -0.2) is 8.78 Å². The lowest BCUT2D eigenvalue weighted by molar-refractivity contribution is -0.128. The molecule has 2 aliphatic carbocycles. The number of Topliss-reactive ketones (excluding diaryl/α,β-unsaturated/α-hetero) is 1. The first kappa shape index (κ1) is 9.10. The van der Waals surface area contributed by atoms with Crippen molar-refractivity contribution in [3.05, 3.63) is 0 Å². The molecule has 1 nitrogen and oxygen atoms in total. The average Bonchev–Trinajstić information content (AvgIpc) is 2.05. The maximum atomic E-state index is 13.0. The second-order valence-electron chi connectivity index (χ2n) is 4.40. The third-order valence-corrected chi connectivity index (χ3v) is 3.39. The summed E-state index contributed by atoms with van der Waals surface area (Å²) in [5.74, 6) is -1.81. The summed E-state index contributed by atoms with van der Waals surface area (Å²) in [6.07, 6.45) is 2.33. The Bertz CT molecular complexity index is 225. The van der Waals surface area contributed by atoms with Crippen LogP contribution < -0.4 is 0 Å². The van der Waals surface area contributed by atoms with Crippen LogP contribution in [0.5, 0.6) is 0 Å². The summed E-state index contributed by atoms with van der Waals surface area (Å²) in [4.78, 5) is 11.1. The Kier molecular flexibility index (Phi) is 2.12. The number of fused-ring (bicyclic) bond motifs is 1. The van der Waals surface area contributed by atoms with E-state index in [0.717, 1.165) is 0 Å². The Morgan fingerprint density at radius 1 is 1.23 bits per heavy atom. The monoisotopic (exact) mass is 188 g/mol. The van der Waals surface area contributed by atoms with E-state index in [9.17, 15) is 13.6 Å². The molecule has 0 aliphatic heterocycles. The maximum absolute atomic E-state index is 13.0. The fraction of sp³-hybridized carbons (Fsp3) is 0.900. The minimum atomic E-state index is -2.46. The molecular formula is C10H14F2O. The molecule has 0 radical (unpaired) electrons. The van der Waals surface area contributed by atoms with Crippen LogP contribution >= 0.6 is 0 Å². The fourth-order valence-electron chi connectivity index (χ4n) is 2.63. The lowest BCUT2D eigenvalue weighted by Gasteiger charge is -2.38. The molecule has 0 aromatic heterocycles. The molecule has 2 aliphatic rings. The summed E-state index contributed by atoms with van der Waals surface area (Å²) >= 11 is 0. The van der Waals surface area contributed by atoms with Crippen LogP contribution in [0, 0.1) is 11.8 Å². The topological polar surface area (TPSA) is 17.1 Å². The second-order valence-corrected chi connectivity index (χ2v) is 4.40. The number of hydrogen-bond donors (Lipinski definition) is 0. The molecule has 0 bridgehead atoms. The van der Waals surface area contributed by atoms with E-state index >= 15 is 0 Å². The van der Waals surface area contributed by atoms with Crippen LogP contribution in [-0.4, -0.2) is 11.7 Å². The molecule has 2 atom stereocenters.